The summed E-state index contributed by atoms with van der Waals surface area (Å²) in [7, 11) is 0. The lowest BCUT2D eigenvalue weighted by Crippen LogP contribution is -2.37. The topological polar surface area (TPSA) is 68.1 Å². The molecule has 6 heteroatoms. The number of hydrogen-bond acceptors (Lipinski definition) is 5. The minimum atomic E-state index is -1.28. The van der Waals surface area contributed by atoms with Gasteiger partial charge in [-0.15, -0.1) is 11.3 Å². The van der Waals surface area contributed by atoms with E-state index in [0.29, 0.717) is 12.4 Å². The first-order chi connectivity index (χ1) is 10.9. The Balaban J connectivity index is 2.24. The van der Waals surface area contributed by atoms with Gasteiger partial charge in [0.25, 0.3) is 0 Å². The number of carbonyl (C=O) groups is 1. The van der Waals surface area contributed by atoms with Crippen LogP contribution in [0.3, 0.4) is 0 Å². The zero-order chi connectivity index (χ0) is 16.9. The van der Waals surface area contributed by atoms with Crippen molar-refractivity contribution in [1.82, 2.24) is 0 Å². The summed E-state index contributed by atoms with van der Waals surface area (Å²) in [6.45, 7) is 5.39. The fourth-order valence-electron chi connectivity index (χ4n) is 1.80. The molecule has 0 aliphatic heterocycles. The number of nitrogens with zero attached hydrogens (tertiary/aromatic N) is 1. The second-order valence-corrected chi connectivity index (χ2v) is 6.22. The van der Waals surface area contributed by atoms with Crippen LogP contribution < -0.4 is 4.74 Å². The van der Waals surface area contributed by atoms with Crippen molar-refractivity contribution in [2.45, 2.75) is 26.4 Å². The van der Waals surface area contributed by atoms with E-state index in [1.165, 1.54) is 13.8 Å². The Morgan fingerprint density at radius 1 is 1.26 bits per heavy atom. The third-order valence-electron chi connectivity index (χ3n) is 3.06. The highest BCUT2D eigenvalue weighted by atomic mass is 32.1. The molecular weight excluding hydrogens is 314 g/mol. The highest BCUT2D eigenvalue weighted by Crippen LogP contribution is 2.22. The summed E-state index contributed by atoms with van der Waals surface area (Å²) in [5.74, 6) is -0.526. The number of hydrogen-bond donors (Lipinski definition) is 1. The monoisotopic (exact) mass is 333 g/mol. The number of benzene rings is 1. The van der Waals surface area contributed by atoms with E-state index >= 15 is 0 Å². The maximum Gasteiger partial charge on any atom is 0.347 e. The first-order valence-corrected chi connectivity index (χ1v) is 8.08. The van der Waals surface area contributed by atoms with Crippen LogP contribution in [0.1, 0.15) is 31.2 Å². The summed E-state index contributed by atoms with van der Waals surface area (Å²) in [4.78, 5) is 17.3. The molecule has 1 heterocycles. The molecule has 2 aromatic rings. The Kier molecular flexibility index (Phi) is 5.39. The maximum atomic E-state index is 11.1. The van der Waals surface area contributed by atoms with E-state index < -0.39 is 11.6 Å². The van der Waals surface area contributed by atoms with Crippen LogP contribution in [0.5, 0.6) is 5.75 Å². The Hall–Kier alpha value is -2.34. The summed E-state index contributed by atoms with van der Waals surface area (Å²) in [5.41, 5.74) is 0.338. The average molecular weight is 333 g/mol. The molecule has 0 saturated heterocycles. The number of carboxylic acid groups (broad SMARTS) is 1. The molecule has 0 fully saturated rings. The van der Waals surface area contributed by atoms with Crippen LogP contribution >= 0.6 is 11.3 Å². The first kappa shape index (κ1) is 17.0. The number of aliphatic carboxylic acids is 1. The minimum absolute atomic E-state index is 0.489. The molecule has 0 saturated carbocycles. The zero-order valence-corrected chi connectivity index (χ0v) is 14.1. The maximum absolute atomic E-state index is 11.1. The van der Waals surface area contributed by atoms with Crippen LogP contribution in [-0.4, -0.2) is 29.0 Å². The van der Waals surface area contributed by atoms with Gasteiger partial charge in [0.05, 0.1) is 4.88 Å². The van der Waals surface area contributed by atoms with E-state index in [4.69, 9.17) is 14.7 Å². The largest absolute Gasteiger partial charge is 0.478 e. The van der Waals surface area contributed by atoms with Gasteiger partial charge in [-0.05, 0) is 56.5 Å². The molecule has 0 aliphatic carbocycles. The van der Waals surface area contributed by atoms with Gasteiger partial charge in [-0.25, -0.2) is 4.79 Å². The van der Waals surface area contributed by atoms with Gasteiger partial charge in [-0.3, -0.25) is 0 Å². The van der Waals surface area contributed by atoms with Crippen LogP contribution in [0.2, 0.25) is 0 Å². The van der Waals surface area contributed by atoms with Gasteiger partial charge in [-0.2, -0.15) is 0 Å². The molecule has 0 atom stereocenters. The van der Waals surface area contributed by atoms with E-state index in [9.17, 15) is 4.79 Å². The first-order valence-electron chi connectivity index (χ1n) is 7.20. The number of ether oxygens (including phenoxy) is 1. The van der Waals surface area contributed by atoms with Crippen LogP contribution in [0.15, 0.2) is 46.9 Å². The van der Waals surface area contributed by atoms with E-state index in [1.807, 2.05) is 36.6 Å². The predicted octanol–water partition coefficient (Wildman–Crippen LogP) is 3.78. The summed E-state index contributed by atoms with van der Waals surface area (Å²) in [5, 5.41) is 15.3. The summed E-state index contributed by atoms with van der Waals surface area (Å²) in [6.07, 6.45) is 0. The second-order valence-electron chi connectivity index (χ2n) is 5.28. The quantitative estimate of drug-likeness (QED) is 0.618. The van der Waals surface area contributed by atoms with Crippen LogP contribution in [0, 0.1) is 0 Å². The molecule has 1 N–H and O–H groups in total. The summed E-state index contributed by atoms with van der Waals surface area (Å²) >= 11 is 1.57. The van der Waals surface area contributed by atoms with Crippen molar-refractivity contribution in [3.8, 4) is 5.75 Å². The number of thiophene rings is 1. The van der Waals surface area contributed by atoms with E-state index in [0.717, 1.165) is 16.2 Å². The molecule has 0 bridgehead atoms. The molecule has 0 amide bonds. The summed E-state index contributed by atoms with van der Waals surface area (Å²) < 4.78 is 5.50. The van der Waals surface area contributed by atoms with Crippen molar-refractivity contribution >= 4 is 23.0 Å². The van der Waals surface area contributed by atoms with Crippen molar-refractivity contribution in [1.29, 1.82) is 0 Å². The lowest BCUT2D eigenvalue weighted by Gasteiger charge is -2.21. The molecule has 2 rings (SSSR count). The fraction of sp³-hybridized carbons (Fsp3) is 0.294. The Bertz CT molecular complexity index is 675. The Labute approximate surface area is 139 Å². The number of carboxylic acids is 1. The van der Waals surface area contributed by atoms with Gasteiger partial charge in [0.2, 0.25) is 0 Å². The van der Waals surface area contributed by atoms with Gasteiger partial charge in [-0.1, -0.05) is 11.2 Å². The highest BCUT2D eigenvalue weighted by Gasteiger charge is 2.29. The Morgan fingerprint density at radius 2 is 1.96 bits per heavy atom. The zero-order valence-electron chi connectivity index (χ0n) is 13.3. The van der Waals surface area contributed by atoms with Crippen molar-refractivity contribution in [3.05, 3.63) is 52.2 Å². The SMILES string of the molecule is CCON=C(c1ccc(OC(C)(C)C(=O)O)cc1)c1cccs1. The van der Waals surface area contributed by atoms with Crippen LogP contribution in [0.4, 0.5) is 0 Å². The van der Waals surface area contributed by atoms with Crippen molar-refractivity contribution < 1.29 is 19.5 Å². The van der Waals surface area contributed by atoms with Gasteiger partial charge in [0.1, 0.15) is 18.1 Å². The second kappa shape index (κ2) is 7.28. The van der Waals surface area contributed by atoms with E-state index in [2.05, 4.69) is 5.16 Å². The highest BCUT2D eigenvalue weighted by molar-refractivity contribution is 7.12. The molecule has 0 spiro atoms. The van der Waals surface area contributed by atoms with E-state index in [1.54, 1.807) is 23.5 Å². The predicted molar refractivity (Wildman–Crippen MR) is 90.4 cm³/mol. The normalized spacial score (nSPS) is 12.0. The molecule has 5 nitrogen and oxygen atoms in total. The molecule has 1 aromatic carbocycles. The third kappa shape index (κ3) is 4.32. The van der Waals surface area contributed by atoms with Crippen molar-refractivity contribution in [2.24, 2.45) is 5.16 Å². The third-order valence-corrected chi connectivity index (χ3v) is 3.93. The molecule has 122 valence electrons. The number of oxime groups is 1. The average Bonchev–Trinajstić information content (AvgIpc) is 3.03. The van der Waals surface area contributed by atoms with Gasteiger partial charge >= 0.3 is 5.97 Å². The van der Waals surface area contributed by atoms with Crippen molar-refractivity contribution in [3.63, 3.8) is 0 Å². The molecule has 0 unspecified atom stereocenters. The van der Waals surface area contributed by atoms with E-state index in [-0.39, 0.29) is 0 Å². The van der Waals surface area contributed by atoms with Crippen molar-refractivity contribution in [2.75, 3.05) is 6.61 Å². The smallest absolute Gasteiger partial charge is 0.347 e. The molecule has 1 aromatic heterocycles. The fourth-order valence-corrected chi connectivity index (χ4v) is 2.53. The van der Waals surface area contributed by atoms with Crippen LogP contribution in [-0.2, 0) is 9.63 Å². The minimum Gasteiger partial charge on any atom is -0.478 e. The standard InChI is InChI=1S/C17H19NO4S/c1-4-21-18-15(14-6-5-11-23-14)12-7-9-13(10-8-12)22-17(2,3)16(19)20/h5-11H,4H2,1-3H3,(H,19,20). The molecular formula is C17H19NO4S. The number of rotatable bonds is 7. The van der Waals surface area contributed by atoms with Gasteiger partial charge in [0, 0.05) is 5.56 Å². The molecule has 0 radical (unpaired) electrons. The van der Waals surface area contributed by atoms with Crippen LogP contribution in [0.25, 0.3) is 0 Å². The molecule has 23 heavy (non-hydrogen) atoms. The lowest BCUT2D eigenvalue weighted by atomic mass is 10.1. The summed E-state index contributed by atoms with van der Waals surface area (Å²) in [6, 6.07) is 11.1. The van der Waals surface area contributed by atoms with Gasteiger partial charge in [0.15, 0.2) is 5.60 Å². The lowest BCUT2D eigenvalue weighted by molar-refractivity contribution is -0.152. The molecule has 0 aliphatic rings. The Morgan fingerprint density at radius 3 is 2.48 bits per heavy atom. The van der Waals surface area contributed by atoms with Gasteiger partial charge < -0.3 is 14.7 Å².